The molecule has 0 atom stereocenters. The maximum Gasteiger partial charge on any atom is 0.289 e. The molecule has 3 aromatic rings. The van der Waals surface area contributed by atoms with Gasteiger partial charge in [-0.05, 0) is 54.1 Å². The number of hydrogen-bond acceptors (Lipinski definition) is 3. The number of rotatable bonds is 4. The Morgan fingerprint density at radius 1 is 1.09 bits per heavy atom. The summed E-state index contributed by atoms with van der Waals surface area (Å²) in [5.41, 5.74) is 1.71. The van der Waals surface area contributed by atoms with Gasteiger partial charge in [-0.1, -0.05) is 0 Å². The summed E-state index contributed by atoms with van der Waals surface area (Å²) >= 11 is 0. The van der Waals surface area contributed by atoms with Crippen molar-refractivity contribution < 1.29 is 13.6 Å². The number of carbonyl (C=O) groups is 1. The van der Waals surface area contributed by atoms with Crippen LogP contribution in [0, 0.1) is 5.82 Å². The smallest absolute Gasteiger partial charge is 0.289 e. The predicted molar refractivity (Wildman–Crippen MR) is 84.1 cm³/mol. The van der Waals surface area contributed by atoms with E-state index in [1.165, 1.54) is 12.1 Å². The highest BCUT2D eigenvalue weighted by atomic mass is 19.1. The van der Waals surface area contributed by atoms with Gasteiger partial charge in [0.25, 0.3) is 5.91 Å². The number of pyridine rings is 1. The molecule has 4 nitrogen and oxygen atoms in total. The van der Waals surface area contributed by atoms with Crippen molar-refractivity contribution in [1.29, 1.82) is 0 Å². The average Bonchev–Trinajstić information content (AvgIpc) is 3.05. The molecule has 1 amide bonds. The maximum absolute atomic E-state index is 13.0. The van der Waals surface area contributed by atoms with Crippen LogP contribution in [0.25, 0.3) is 11.3 Å². The largest absolute Gasteiger partial charge is 0.451 e. The fraction of sp³-hybridized carbons (Fsp3) is 0.111. The van der Waals surface area contributed by atoms with Crippen molar-refractivity contribution in [3.63, 3.8) is 0 Å². The summed E-state index contributed by atoms with van der Waals surface area (Å²) in [5, 5.41) is 0. The summed E-state index contributed by atoms with van der Waals surface area (Å²) in [6.07, 6.45) is 3.38. The van der Waals surface area contributed by atoms with Crippen LogP contribution in [0.15, 0.2) is 65.3 Å². The van der Waals surface area contributed by atoms with Crippen LogP contribution in [-0.2, 0) is 6.54 Å². The Labute approximate surface area is 133 Å². The standard InChI is InChI=1S/C18H15FN2O2/c1-21(12-13-8-10-20-11-9-13)18(22)17-7-6-16(23-17)14-2-4-15(19)5-3-14/h2-11H,12H2,1H3. The SMILES string of the molecule is CN(Cc1ccncc1)C(=O)c1ccc(-c2ccc(F)cc2)o1. The number of furan rings is 1. The van der Waals surface area contributed by atoms with Gasteiger partial charge in [-0.15, -0.1) is 0 Å². The zero-order valence-corrected chi connectivity index (χ0v) is 12.6. The van der Waals surface area contributed by atoms with Gasteiger partial charge in [0.15, 0.2) is 5.76 Å². The van der Waals surface area contributed by atoms with E-state index in [2.05, 4.69) is 4.98 Å². The van der Waals surface area contributed by atoms with E-state index in [4.69, 9.17) is 4.42 Å². The lowest BCUT2D eigenvalue weighted by atomic mass is 10.2. The second kappa shape index (κ2) is 6.44. The predicted octanol–water partition coefficient (Wildman–Crippen LogP) is 3.75. The highest BCUT2D eigenvalue weighted by Gasteiger charge is 2.17. The number of benzene rings is 1. The molecule has 1 aromatic carbocycles. The van der Waals surface area contributed by atoms with Gasteiger partial charge >= 0.3 is 0 Å². The van der Waals surface area contributed by atoms with E-state index in [9.17, 15) is 9.18 Å². The van der Waals surface area contributed by atoms with Crippen molar-refractivity contribution in [2.75, 3.05) is 7.05 Å². The molecule has 0 aliphatic heterocycles. The van der Waals surface area contributed by atoms with E-state index < -0.39 is 0 Å². The monoisotopic (exact) mass is 310 g/mol. The first-order chi connectivity index (χ1) is 11.1. The van der Waals surface area contributed by atoms with Gasteiger partial charge in [0.2, 0.25) is 0 Å². The fourth-order valence-electron chi connectivity index (χ4n) is 2.24. The highest BCUT2D eigenvalue weighted by Crippen LogP contribution is 2.23. The van der Waals surface area contributed by atoms with Crippen LogP contribution >= 0.6 is 0 Å². The molecule has 0 spiro atoms. The van der Waals surface area contributed by atoms with Crippen molar-refractivity contribution in [1.82, 2.24) is 9.88 Å². The molecule has 2 aromatic heterocycles. The number of carbonyl (C=O) groups excluding carboxylic acids is 1. The summed E-state index contributed by atoms with van der Waals surface area (Å²) < 4.78 is 18.6. The molecule has 5 heteroatoms. The third-order valence-corrected chi connectivity index (χ3v) is 3.46. The second-order valence-corrected chi connectivity index (χ2v) is 5.19. The number of nitrogens with zero attached hydrogens (tertiary/aromatic N) is 2. The van der Waals surface area contributed by atoms with Gasteiger partial charge in [0.1, 0.15) is 11.6 Å². The molecule has 0 N–H and O–H groups in total. The lowest BCUT2D eigenvalue weighted by Crippen LogP contribution is -2.25. The molecular formula is C18H15FN2O2. The average molecular weight is 310 g/mol. The molecule has 0 fully saturated rings. The molecule has 0 saturated carbocycles. The number of halogens is 1. The Morgan fingerprint density at radius 3 is 2.48 bits per heavy atom. The number of amides is 1. The van der Waals surface area contributed by atoms with Gasteiger partial charge in [-0.25, -0.2) is 4.39 Å². The molecular weight excluding hydrogens is 295 g/mol. The number of aromatic nitrogens is 1. The van der Waals surface area contributed by atoms with Crippen LogP contribution in [0.2, 0.25) is 0 Å². The quantitative estimate of drug-likeness (QED) is 0.737. The zero-order valence-electron chi connectivity index (χ0n) is 12.6. The third-order valence-electron chi connectivity index (χ3n) is 3.46. The van der Waals surface area contributed by atoms with Crippen molar-refractivity contribution in [2.24, 2.45) is 0 Å². The summed E-state index contributed by atoms with van der Waals surface area (Å²) in [5.74, 6) is 0.260. The van der Waals surface area contributed by atoms with Crippen LogP contribution in [0.5, 0.6) is 0 Å². The molecule has 0 aliphatic carbocycles. The van der Waals surface area contributed by atoms with E-state index in [-0.39, 0.29) is 17.5 Å². The van der Waals surface area contributed by atoms with Gasteiger partial charge in [-0.2, -0.15) is 0 Å². The Morgan fingerprint density at radius 2 is 1.78 bits per heavy atom. The van der Waals surface area contributed by atoms with Crippen LogP contribution < -0.4 is 0 Å². The molecule has 0 bridgehead atoms. The first kappa shape index (κ1) is 15.0. The van der Waals surface area contributed by atoms with E-state index in [1.54, 1.807) is 48.6 Å². The minimum atomic E-state index is -0.311. The Kier molecular flexibility index (Phi) is 4.19. The topological polar surface area (TPSA) is 46.3 Å². The van der Waals surface area contributed by atoms with Crippen molar-refractivity contribution in [3.05, 3.63) is 78.1 Å². The van der Waals surface area contributed by atoms with Crippen molar-refractivity contribution in [3.8, 4) is 11.3 Å². The molecule has 116 valence electrons. The van der Waals surface area contributed by atoms with Crippen molar-refractivity contribution in [2.45, 2.75) is 6.54 Å². The molecule has 0 aliphatic rings. The molecule has 0 unspecified atom stereocenters. The minimum Gasteiger partial charge on any atom is -0.451 e. The van der Waals surface area contributed by atoms with Crippen molar-refractivity contribution >= 4 is 5.91 Å². The second-order valence-electron chi connectivity index (χ2n) is 5.19. The summed E-state index contributed by atoms with van der Waals surface area (Å²) in [7, 11) is 1.71. The van der Waals surface area contributed by atoms with Crippen LogP contribution in [-0.4, -0.2) is 22.8 Å². The lowest BCUT2D eigenvalue weighted by Gasteiger charge is -2.15. The lowest BCUT2D eigenvalue weighted by molar-refractivity contribution is 0.0754. The summed E-state index contributed by atoms with van der Waals surface area (Å²) in [6.45, 7) is 0.466. The van der Waals surface area contributed by atoms with Crippen LogP contribution in [0.1, 0.15) is 16.1 Å². The van der Waals surface area contributed by atoms with Gasteiger partial charge in [0, 0.05) is 31.5 Å². The first-order valence-corrected chi connectivity index (χ1v) is 7.13. The summed E-state index contributed by atoms with van der Waals surface area (Å²) in [4.78, 5) is 17.9. The van der Waals surface area contributed by atoms with Gasteiger partial charge in [-0.3, -0.25) is 9.78 Å². The molecule has 0 saturated heterocycles. The summed E-state index contributed by atoms with van der Waals surface area (Å²) in [6, 6.07) is 13.0. The molecule has 0 radical (unpaired) electrons. The third kappa shape index (κ3) is 3.45. The van der Waals surface area contributed by atoms with Crippen LogP contribution in [0.4, 0.5) is 4.39 Å². The van der Waals surface area contributed by atoms with E-state index in [0.29, 0.717) is 12.3 Å². The zero-order chi connectivity index (χ0) is 16.2. The maximum atomic E-state index is 13.0. The Bertz CT molecular complexity index is 797. The van der Waals surface area contributed by atoms with E-state index >= 15 is 0 Å². The Hall–Kier alpha value is -2.95. The molecule has 2 heterocycles. The normalized spacial score (nSPS) is 10.5. The minimum absolute atomic E-state index is 0.213. The Balaban J connectivity index is 1.74. The molecule has 23 heavy (non-hydrogen) atoms. The van der Waals surface area contributed by atoms with Crippen LogP contribution in [0.3, 0.4) is 0 Å². The number of hydrogen-bond donors (Lipinski definition) is 0. The molecule has 3 rings (SSSR count). The fourth-order valence-corrected chi connectivity index (χ4v) is 2.24. The van der Waals surface area contributed by atoms with Gasteiger partial charge in [0.05, 0.1) is 0 Å². The first-order valence-electron chi connectivity index (χ1n) is 7.13. The van der Waals surface area contributed by atoms with E-state index in [1.807, 2.05) is 12.1 Å². The highest BCUT2D eigenvalue weighted by molar-refractivity contribution is 5.91. The van der Waals surface area contributed by atoms with E-state index in [0.717, 1.165) is 11.1 Å². The van der Waals surface area contributed by atoms with Gasteiger partial charge < -0.3 is 9.32 Å².